The van der Waals surface area contributed by atoms with E-state index in [0.29, 0.717) is 23.9 Å². The molecule has 2 heterocycles. The van der Waals surface area contributed by atoms with Crippen LogP contribution in [0.1, 0.15) is 21.9 Å². The lowest BCUT2D eigenvalue weighted by Gasteiger charge is -2.04. The summed E-state index contributed by atoms with van der Waals surface area (Å²) in [6.45, 7) is 2.25. The lowest BCUT2D eigenvalue weighted by Crippen LogP contribution is -2.29. The number of fused-ring (bicyclic) bond motifs is 1. The van der Waals surface area contributed by atoms with E-state index in [1.807, 2.05) is 25.1 Å². The summed E-state index contributed by atoms with van der Waals surface area (Å²) in [5.41, 5.74) is -0.158. The number of benzene rings is 1. The van der Waals surface area contributed by atoms with Crippen molar-refractivity contribution in [3.05, 3.63) is 70.0 Å². The lowest BCUT2D eigenvalue weighted by molar-refractivity contribution is 0.0950. The molecule has 0 fully saturated rings. The molecule has 0 radical (unpaired) electrons. The van der Waals surface area contributed by atoms with Crippen LogP contribution >= 0.6 is 0 Å². The van der Waals surface area contributed by atoms with Gasteiger partial charge in [-0.1, -0.05) is 18.2 Å². The molecule has 0 spiro atoms. The Morgan fingerprint density at radius 3 is 2.73 bits per heavy atom. The second-order valence-corrected chi connectivity index (χ2v) is 5.00. The van der Waals surface area contributed by atoms with Gasteiger partial charge in [-0.2, -0.15) is 0 Å². The molecule has 0 unspecified atom stereocenters. The largest absolute Gasteiger partial charge is 0.466 e. The summed E-state index contributed by atoms with van der Waals surface area (Å²) < 4.78 is 10.6. The van der Waals surface area contributed by atoms with Gasteiger partial charge in [-0.05, 0) is 31.2 Å². The van der Waals surface area contributed by atoms with E-state index in [1.54, 1.807) is 24.3 Å². The van der Waals surface area contributed by atoms with E-state index >= 15 is 0 Å². The Morgan fingerprint density at radius 2 is 1.95 bits per heavy atom. The zero-order chi connectivity index (χ0) is 15.5. The number of para-hydroxylation sites is 1. The van der Waals surface area contributed by atoms with Crippen LogP contribution in [0.4, 0.5) is 0 Å². The first-order chi connectivity index (χ1) is 10.6. The molecule has 22 heavy (non-hydrogen) atoms. The Morgan fingerprint density at radius 1 is 1.14 bits per heavy atom. The highest BCUT2D eigenvalue weighted by Crippen LogP contribution is 2.12. The molecule has 0 saturated heterocycles. The van der Waals surface area contributed by atoms with Crippen molar-refractivity contribution >= 4 is 16.9 Å². The van der Waals surface area contributed by atoms with E-state index in [-0.39, 0.29) is 5.56 Å². The molecule has 3 aromatic rings. The summed E-state index contributed by atoms with van der Waals surface area (Å²) in [5.74, 6) is 1.18. The summed E-state index contributed by atoms with van der Waals surface area (Å²) in [7, 11) is 0. The number of hydrogen-bond acceptors (Lipinski definition) is 4. The molecule has 5 heteroatoms. The standard InChI is InChI=1S/C17H15NO4/c1-11-6-7-13(21-11)8-9-18-16(19)14-10-12-4-2-3-5-15(12)22-17(14)20/h2-7,10H,8-9H2,1H3,(H,18,19). The summed E-state index contributed by atoms with van der Waals surface area (Å²) in [4.78, 5) is 24.0. The summed E-state index contributed by atoms with van der Waals surface area (Å²) in [6, 6.07) is 12.4. The number of nitrogens with one attached hydrogen (secondary N) is 1. The maximum absolute atomic E-state index is 12.1. The van der Waals surface area contributed by atoms with E-state index in [9.17, 15) is 9.59 Å². The molecule has 112 valence electrons. The van der Waals surface area contributed by atoms with Gasteiger partial charge in [-0.25, -0.2) is 4.79 Å². The van der Waals surface area contributed by atoms with Gasteiger partial charge < -0.3 is 14.2 Å². The number of carbonyl (C=O) groups is 1. The minimum Gasteiger partial charge on any atom is -0.466 e. The Labute approximate surface area is 126 Å². The molecule has 0 saturated carbocycles. The van der Waals surface area contributed by atoms with Crippen LogP contribution in [0.3, 0.4) is 0 Å². The smallest absolute Gasteiger partial charge is 0.349 e. The highest BCUT2D eigenvalue weighted by atomic mass is 16.4. The van der Waals surface area contributed by atoms with Crippen molar-refractivity contribution in [3.8, 4) is 0 Å². The zero-order valence-corrected chi connectivity index (χ0v) is 12.1. The maximum Gasteiger partial charge on any atom is 0.349 e. The van der Waals surface area contributed by atoms with Gasteiger partial charge >= 0.3 is 5.63 Å². The van der Waals surface area contributed by atoms with E-state index in [1.165, 1.54) is 0 Å². The third kappa shape index (κ3) is 2.93. The first-order valence-corrected chi connectivity index (χ1v) is 7.00. The predicted octanol–water partition coefficient (Wildman–Crippen LogP) is 2.67. The molecule has 3 rings (SSSR count). The van der Waals surface area contributed by atoms with E-state index in [2.05, 4.69) is 5.32 Å². The molecule has 1 aromatic carbocycles. The first kappa shape index (κ1) is 14.1. The van der Waals surface area contributed by atoms with Gasteiger partial charge in [0.05, 0.1) is 0 Å². The third-order valence-corrected chi connectivity index (χ3v) is 3.34. The van der Waals surface area contributed by atoms with Crippen molar-refractivity contribution in [3.63, 3.8) is 0 Å². The third-order valence-electron chi connectivity index (χ3n) is 3.34. The van der Waals surface area contributed by atoms with Crippen molar-refractivity contribution < 1.29 is 13.6 Å². The molecular weight excluding hydrogens is 282 g/mol. The van der Waals surface area contributed by atoms with Crippen LogP contribution in [0.5, 0.6) is 0 Å². The number of aryl methyl sites for hydroxylation is 1. The lowest BCUT2D eigenvalue weighted by atomic mass is 10.2. The average Bonchev–Trinajstić information content (AvgIpc) is 2.92. The Bertz CT molecular complexity index is 875. The molecule has 1 N–H and O–H groups in total. The van der Waals surface area contributed by atoms with Crippen LogP contribution in [0.25, 0.3) is 11.0 Å². The Hall–Kier alpha value is -2.82. The van der Waals surface area contributed by atoms with Gasteiger partial charge in [-0.3, -0.25) is 4.79 Å². The number of amides is 1. The second kappa shape index (κ2) is 5.89. The van der Waals surface area contributed by atoms with Gasteiger partial charge in [-0.15, -0.1) is 0 Å². The number of furan rings is 1. The van der Waals surface area contributed by atoms with Gasteiger partial charge in [0.25, 0.3) is 5.91 Å². The predicted molar refractivity (Wildman–Crippen MR) is 82.0 cm³/mol. The highest BCUT2D eigenvalue weighted by Gasteiger charge is 2.13. The molecule has 0 aliphatic heterocycles. The average molecular weight is 297 g/mol. The highest BCUT2D eigenvalue weighted by molar-refractivity contribution is 5.96. The van der Waals surface area contributed by atoms with Crippen LogP contribution < -0.4 is 10.9 Å². The number of rotatable bonds is 4. The molecule has 5 nitrogen and oxygen atoms in total. The fourth-order valence-corrected chi connectivity index (χ4v) is 2.23. The minimum atomic E-state index is -0.634. The Kier molecular flexibility index (Phi) is 3.78. The van der Waals surface area contributed by atoms with Gasteiger partial charge in [0.1, 0.15) is 22.7 Å². The molecular formula is C17H15NO4. The normalized spacial score (nSPS) is 10.8. The minimum absolute atomic E-state index is 0.00863. The summed E-state index contributed by atoms with van der Waals surface area (Å²) in [6.07, 6.45) is 0.568. The molecule has 0 aliphatic carbocycles. The Balaban J connectivity index is 1.72. The van der Waals surface area contributed by atoms with Crippen molar-refractivity contribution in [2.75, 3.05) is 6.54 Å². The topological polar surface area (TPSA) is 72.5 Å². The van der Waals surface area contributed by atoms with Gasteiger partial charge in [0.15, 0.2) is 0 Å². The van der Waals surface area contributed by atoms with Crippen LogP contribution in [0.15, 0.2) is 56.1 Å². The SMILES string of the molecule is Cc1ccc(CCNC(=O)c2cc3ccccc3oc2=O)o1. The quantitative estimate of drug-likeness (QED) is 0.751. The maximum atomic E-state index is 12.1. The molecule has 1 amide bonds. The van der Waals surface area contributed by atoms with Crippen LogP contribution in [-0.2, 0) is 6.42 Å². The van der Waals surface area contributed by atoms with E-state index < -0.39 is 11.5 Å². The molecule has 0 atom stereocenters. The first-order valence-electron chi connectivity index (χ1n) is 7.00. The van der Waals surface area contributed by atoms with E-state index in [0.717, 1.165) is 11.5 Å². The zero-order valence-electron chi connectivity index (χ0n) is 12.1. The van der Waals surface area contributed by atoms with Gasteiger partial charge in [0.2, 0.25) is 0 Å². The van der Waals surface area contributed by atoms with Gasteiger partial charge in [0, 0.05) is 18.4 Å². The van der Waals surface area contributed by atoms with Crippen molar-refractivity contribution in [2.24, 2.45) is 0 Å². The summed E-state index contributed by atoms with van der Waals surface area (Å²) in [5, 5.41) is 3.42. The van der Waals surface area contributed by atoms with Crippen LogP contribution in [0, 0.1) is 6.92 Å². The van der Waals surface area contributed by atoms with Crippen molar-refractivity contribution in [1.29, 1.82) is 0 Å². The van der Waals surface area contributed by atoms with E-state index in [4.69, 9.17) is 8.83 Å². The van der Waals surface area contributed by atoms with Crippen LogP contribution in [0.2, 0.25) is 0 Å². The summed E-state index contributed by atoms with van der Waals surface area (Å²) >= 11 is 0. The number of hydrogen-bond donors (Lipinski definition) is 1. The fourth-order valence-electron chi connectivity index (χ4n) is 2.23. The van der Waals surface area contributed by atoms with Crippen molar-refractivity contribution in [1.82, 2.24) is 5.32 Å². The van der Waals surface area contributed by atoms with Crippen molar-refractivity contribution in [2.45, 2.75) is 13.3 Å². The molecule has 0 bridgehead atoms. The second-order valence-electron chi connectivity index (χ2n) is 5.00. The number of carbonyl (C=O) groups excluding carboxylic acids is 1. The van der Waals surface area contributed by atoms with Crippen LogP contribution in [-0.4, -0.2) is 12.5 Å². The molecule has 0 aliphatic rings. The molecule has 2 aromatic heterocycles. The fraction of sp³-hybridized carbons (Fsp3) is 0.176. The monoisotopic (exact) mass is 297 g/mol.